The molecule has 4 N–H and O–H groups in total. The summed E-state index contributed by atoms with van der Waals surface area (Å²) in [5.41, 5.74) is 5.63. The van der Waals surface area contributed by atoms with Crippen LogP contribution in [-0.4, -0.2) is 33.7 Å². The quantitative estimate of drug-likeness (QED) is 0.641. The number of rotatable bonds is 5. The molecule has 1 rings (SSSR count). The van der Waals surface area contributed by atoms with Crippen LogP contribution in [0.25, 0.3) is 0 Å². The minimum atomic E-state index is -3.39. The number of anilines is 1. The molecule has 1 aromatic carbocycles. The number of nitrogens with one attached hydrogen (secondary N) is 2. The summed E-state index contributed by atoms with van der Waals surface area (Å²) < 4.78 is 37.2. The van der Waals surface area contributed by atoms with Crippen LogP contribution in [0.15, 0.2) is 18.2 Å². The second-order valence-electron chi connectivity index (χ2n) is 3.51. The lowest BCUT2D eigenvalue weighted by Crippen LogP contribution is -2.33. The van der Waals surface area contributed by atoms with Gasteiger partial charge >= 0.3 is 0 Å². The van der Waals surface area contributed by atoms with Gasteiger partial charge in [-0.15, -0.1) is 0 Å². The van der Waals surface area contributed by atoms with Crippen LogP contribution < -0.4 is 15.8 Å². The Kier molecular flexibility index (Phi) is 4.62. The van der Waals surface area contributed by atoms with Crippen LogP contribution in [0.1, 0.15) is 10.4 Å². The zero-order chi connectivity index (χ0) is 13.8. The molecule has 0 heterocycles. The largest absolute Gasteiger partial charge is 0.398 e. The molecule has 8 heteroatoms. The molecule has 1 aromatic rings. The summed E-state index contributed by atoms with van der Waals surface area (Å²) in [4.78, 5) is 11.6. The van der Waals surface area contributed by atoms with Gasteiger partial charge in [0.25, 0.3) is 5.91 Å². The van der Waals surface area contributed by atoms with E-state index in [0.717, 1.165) is 12.1 Å². The molecule has 0 aliphatic heterocycles. The highest BCUT2D eigenvalue weighted by atomic mass is 32.2. The summed E-state index contributed by atoms with van der Waals surface area (Å²) in [7, 11) is -2.11. The molecule has 0 saturated heterocycles. The molecular formula is C10H14FN3O3S. The number of sulfonamides is 1. The van der Waals surface area contributed by atoms with Crippen LogP contribution in [0.3, 0.4) is 0 Å². The van der Waals surface area contributed by atoms with Gasteiger partial charge in [-0.25, -0.2) is 17.5 Å². The Balaban J connectivity index is 2.64. The maximum Gasteiger partial charge on any atom is 0.253 e. The number of carbonyl (C=O) groups is 1. The van der Waals surface area contributed by atoms with Crippen LogP contribution in [-0.2, 0) is 10.0 Å². The third kappa shape index (κ3) is 3.97. The zero-order valence-corrected chi connectivity index (χ0v) is 10.6. The van der Waals surface area contributed by atoms with E-state index in [1.807, 2.05) is 0 Å². The van der Waals surface area contributed by atoms with Crippen molar-refractivity contribution in [2.24, 2.45) is 0 Å². The molecule has 0 saturated carbocycles. The van der Waals surface area contributed by atoms with Crippen molar-refractivity contribution < 1.29 is 17.6 Å². The number of halogens is 1. The average Bonchev–Trinajstić information content (AvgIpc) is 2.32. The lowest BCUT2D eigenvalue weighted by Gasteiger charge is -2.07. The van der Waals surface area contributed by atoms with E-state index in [1.54, 1.807) is 0 Å². The minimum Gasteiger partial charge on any atom is -0.398 e. The highest BCUT2D eigenvalue weighted by Crippen LogP contribution is 2.12. The molecule has 0 radical (unpaired) electrons. The summed E-state index contributed by atoms with van der Waals surface area (Å²) in [6.07, 6.45) is 0. The van der Waals surface area contributed by atoms with Gasteiger partial charge in [-0.2, -0.15) is 0 Å². The smallest absolute Gasteiger partial charge is 0.253 e. The van der Waals surface area contributed by atoms with Gasteiger partial charge in [0.2, 0.25) is 10.0 Å². The summed E-state index contributed by atoms with van der Waals surface area (Å²) in [5, 5.41) is 2.35. The van der Waals surface area contributed by atoms with Crippen LogP contribution >= 0.6 is 0 Å². The Labute approximate surface area is 104 Å². The predicted molar refractivity (Wildman–Crippen MR) is 66.0 cm³/mol. The van der Waals surface area contributed by atoms with Crippen molar-refractivity contribution in [3.8, 4) is 0 Å². The number of hydrogen-bond acceptors (Lipinski definition) is 4. The number of carbonyl (C=O) groups excluding carboxylic acids is 1. The molecule has 0 aliphatic carbocycles. The van der Waals surface area contributed by atoms with Crippen molar-refractivity contribution in [2.45, 2.75) is 0 Å². The van der Waals surface area contributed by atoms with E-state index >= 15 is 0 Å². The van der Waals surface area contributed by atoms with Gasteiger partial charge in [0, 0.05) is 12.2 Å². The van der Waals surface area contributed by atoms with E-state index in [9.17, 15) is 17.6 Å². The van der Waals surface area contributed by atoms with Gasteiger partial charge in [0.1, 0.15) is 5.82 Å². The van der Waals surface area contributed by atoms with Crippen LogP contribution in [0, 0.1) is 5.82 Å². The average molecular weight is 275 g/mol. The lowest BCUT2D eigenvalue weighted by atomic mass is 10.1. The van der Waals surface area contributed by atoms with E-state index in [4.69, 9.17) is 5.73 Å². The lowest BCUT2D eigenvalue weighted by molar-refractivity contribution is 0.0956. The molecule has 0 aromatic heterocycles. The minimum absolute atomic E-state index is 0.0168. The van der Waals surface area contributed by atoms with Gasteiger partial charge in [-0.3, -0.25) is 4.79 Å². The number of nitrogens with two attached hydrogens (primary N) is 1. The van der Waals surface area contributed by atoms with Gasteiger partial charge in [0.15, 0.2) is 0 Å². The van der Waals surface area contributed by atoms with E-state index in [-0.39, 0.29) is 23.5 Å². The molecule has 0 bridgehead atoms. The summed E-state index contributed by atoms with van der Waals surface area (Å²) in [6.45, 7) is -0.0854. The molecule has 0 unspecified atom stereocenters. The summed E-state index contributed by atoms with van der Waals surface area (Å²) in [6, 6.07) is 3.41. The highest BCUT2D eigenvalue weighted by molar-refractivity contribution is 7.89. The Bertz CT molecular complexity index is 545. The van der Waals surface area contributed by atoms with Crippen molar-refractivity contribution in [3.05, 3.63) is 29.6 Å². The van der Waals surface area contributed by atoms with Crippen molar-refractivity contribution in [1.82, 2.24) is 10.0 Å². The Morgan fingerprint density at radius 1 is 1.44 bits per heavy atom. The second kappa shape index (κ2) is 5.78. The number of benzene rings is 1. The molecule has 0 atom stereocenters. The molecule has 6 nitrogen and oxygen atoms in total. The fourth-order valence-corrected chi connectivity index (χ4v) is 1.80. The standard InChI is InChI=1S/C10H14FN3O3S/c1-13-18(16,17)5-4-14-10(15)8-6-7(11)2-3-9(8)12/h2-3,6,13H,4-5,12H2,1H3,(H,14,15). The molecule has 1 amide bonds. The Morgan fingerprint density at radius 3 is 2.72 bits per heavy atom. The maximum absolute atomic E-state index is 12.9. The van der Waals surface area contributed by atoms with Crippen molar-refractivity contribution in [3.63, 3.8) is 0 Å². The van der Waals surface area contributed by atoms with Crippen LogP contribution in [0.4, 0.5) is 10.1 Å². The topological polar surface area (TPSA) is 101 Å². The number of hydrogen-bond donors (Lipinski definition) is 3. The number of amides is 1. The molecule has 0 aliphatic rings. The van der Waals surface area contributed by atoms with Gasteiger partial charge in [-0.05, 0) is 25.2 Å². The fraction of sp³-hybridized carbons (Fsp3) is 0.300. The third-order valence-corrected chi connectivity index (χ3v) is 3.59. The predicted octanol–water partition coefficient (Wildman–Crippen LogP) is -0.313. The van der Waals surface area contributed by atoms with Gasteiger partial charge in [-0.1, -0.05) is 0 Å². The monoisotopic (exact) mass is 275 g/mol. The molecule has 0 spiro atoms. The summed E-state index contributed by atoms with van der Waals surface area (Å²) in [5.74, 6) is -1.46. The van der Waals surface area contributed by atoms with Crippen LogP contribution in [0.2, 0.25) is 0 Å². The zero-order valence-electron chi connectivity index (χ0n) is 9.73. The summed E-state index contributed by atoms with van der Waals surface area (Å²) >= 11 is 0. The van der Waals surface area contributed by atoms with Crippen molar-refractivity contribution >= 4 is 21.6 Å². The Hall–Kier alpha value is -1.67. The van der Waals surface area contributed by atoms with E-state index < -0.39 is 21.7 Å². The first-order chi connectivity index (χ1) is 8.35. The normalized spacial score (nSPS) is 11.2. The molecule has 18 heavy (non-hydrogen) atoms. The van der Waals surface area contributed by atoms with E-state index in [1.165, 1.54) is 13.1 Å². The first-order valence-corrected chi connectivity index (χ1v) is 6.75. The second-order valence-corrected chi connectivity index (χ2v) is 5.56. The first kappa shape index (κ1) is 14.4. The SMILES string of the molecule is CNS(=O)(=O)CCNC(=O)c1cc(F)ccc1N. The third-order valence-electron chi connectivity index (χ3n) is 2.23. The highest BCUT2D eigenvalue weighted by Gasteiger charge is 2.12. The first-order valence-electron chi connectivity index (χ1n) is 5.10. The van der Waals surface area contributed by atoms with Gasteiger partial charge < -0.3 is 11.1 Å². The molecular weight excluding hydrogens is 261 g/mol. The van der Waals surface area contributed by atoms with E-state index in [0.29, 0.717) is 0 Å². The van der Waals surface area contributed by atoms with Crippen LogP contribution in [0.5, 0.6) is 0 Å². The van der Waals surface area contributed by atoms with E-state index in [2.05, 4.69) is 10.0 Å². The molecule has 0 fully saturated rings. The number of nitrogen functional groups attached to an aromatic ring is 1. The van der Waals surface area contributed by atoms with Crippen molar-refractivity contribution in [2.75, 3.05) is 25.1 Å². The maximum atomic E-state index is 12.9. The Morgan fingerprint density at radius 2 is 2.11 bits per heavy atom. The van der Waals surface area contributed by atoms with Gasteiger partial charge in [0.05, 0.1) is 11.3 Å². The molecule has 100 valence electrons. The fourth-order valence-electron chi connectivity index (χ4n) is 1.22. The van der Waals surface area contributed by atoms with Crippen molar-refractivity contribution in [1.29, 1.82) is 0 Å².